The Kier molecular flexibility index (Phi) is 4.95. The highest BCUT2D eigenvalue weighted by Crippen LogP contribution is 2.27. The lowest BCUT2D eigenvalue weighted by Crippen LogP contribution is -2.37. The van der Waals surface area contributed by atoms with Crippen LogP contribution in [0.2, 0.25) is 5.02 Å². The van der Waals surface area contributed by atoms with E-state index in [1.54, 1.807) is 24.3 Å². The Labute approximate surface area is 154 Å². The first-order chi connectivity index (χ1) is 12.4. The molecule has 0 atom stereocenters. The fourth-order valence-electron chi connectivity index (χ4n) is 2.69. The molecular formula is C19H17ClN2O4. The number of carbonyl (C=O) groups is 1. The summed E-state index contributed by atoms with van der Waals surface area (Å²) >= 11 is 6.11. The molecule has 134 valence electrons. The van der Waals surface area contributed by atoms with E-state index in [0.29, 0.717) is 21.9 Å². The number of carbonyl (C=O) groups excluding carboxylic acids is 1. The largest absolute Gasteiger partial charge is 0.483 e. The highest BCUT2D eigenvalue weighted by molar-refractivity contribution is 6.31. The number of hydrogen-bond acceptors (Lipinski definition) is 4. The number of benzene rings is 2. The van der Waals surface area contributed by atoms with Gasteiger partial charge in [0.05, 0.1) is 10.8 Å². The number of fused-ring (bicyclic) bond motifs is 1. The summed E-state index contributed by atoms with van der Waals surface area (Å²) in [6.07, 6.45) is 0.677. The number of hydrogen-bond donors (Lipinski definition) is 1. The Balaban J connectivity index is 1.92. The summed E-state index contributed by atoms with van der Waals surface area (Å²) in [5.41, 5.74) is 0.581. The molecule has 0 bridgehead atoms. The van der Waals surface area contributed by atoms with Gasteiger partial charge in [0, 0.05) is 5.02 Å². The van der Waals surface area contributed by atoms with Crippen molar-refractivity contribution in [3.8, 4) is 5.75 Å². The smallest absolute Gasteiger partial charge is 0.286 e. The van der Waals surface area contributed by atoms with Crippen molar-refractivity contribution in [2.75, 3.05) is 6.61 Å². The molecule has 26 heavy (non-hydrogen) atoms. The molecule has 0 aliphatic heterocycles. The number of aromatic nitrogens is 2. The van der Waals surface area contributed by atoms with Crippen LogP contribution in [0.15, 0.2) is 46.0 Å². The topological polar surface area (TPSA) is 81.2 Å². The van der Waals surface area contributed by atoms with Gasteiger partial charge in [-0.15, -0.1) is 0 Å². The molecule has 0 aliphatic rings. The fourth-order valence-corrected chi connectivity index (χ4v) is 2.87. The molecule has 6 nitrogen and oxygen atoms in total. The van der Waals surface area contributed by atoms with Crippen molar-refractivity contribution < 1.29 is 9.53 Å². The summed E-state index contributed by atoms with van der Waals surface area (Å²) in [6.45, 7) is 3.39. The molecule has 0 unspecified atom stereocenters. The molecule has 0 spiro atoms. The van der Waals surface area contributed by atoms with Crippen LogP contribution in [0.5, 0.6) is 5.75 Å². The van der Waals surface area contributed by atoms with Gasteiger partial charge in [0.2, 0.25) is 0 Å². The Bertz CT molecular complexity index is 1110. The van der Waals surface area contributed by atoms with Gasteiger partial charge in [-0.25, -0.2) is 0 Å². The number of H-pyrrole nitrogens is 1. The van der Waals surface area contributed by atoms with Crippen molar-refractivity contribution in [1.29, 1.82) is 0 Å². The van der Waals surface area contributed by atoms with Crippen molar-refractivity contribution in [2.24, 2.45) is 0 Å². The van der Waals surface area contributed by atoms with Crippen molar-refractivity contribution in [3.63, 3.8) is 0 Å². The molecule has 1 heterocycles. The van der Waals surface area contributed by atoms with E-state index in [1.165, 1.54) is 12.1 Å². The zero-order chi connectivity index (χ0) is 18.8. The second-order valence-corrected chi connectivity index (χ2v) is 6.28. The van der Waals surface area contributed by atoms with Crippen LogP contribution in [0.25, 0.3) is 10.8 Å². The number of nitrogens with zero attached hydrogens (tertiary/aromatic N) is 1. The third-order valence-corrected chi connectivity index (χ3v) is 4.55. The van der Waals surface area contributed by atoms with E-state index in [0.717, 1.165) is 11.1 Å². The first-order valence-electron chi connectivity index (χ1n) is 8.11. The van der Waals surface area contributed by atoms with Gasteiger partial charge in [-0.1, -0.05) is 30.7 Å². The minimum Gasteiger partial charge on any atom is -0.483 e. The van der Waals surface area contributed by atoms with Crippen LogP contribution in [0, 0.1) is 6.92 Å². The highest BCUT2D eigenvalue weighted by Gasteiger charge is 2.15. The number of ether oxygens (including phenoxy) is 1. The third-order valence-electron chi connectivity index (χ3n) is 4.14. The van der Waals surface area contributed by atoms with Crippen molar-refractivity contribution >= 4 is 28.3 Å². The van der Waals surface area contributed by atoms with Gasteiger partial charge in [-0.05, 0) is 48.7 Å². The summed E-state index contributed by atoms with van der Waals surface area (Å²) in [5, 5.41) is 3.34. The molecule has 0 saturated carbocycles. The highest BCUT2D eigenvalue weighted by atomic mass is 35.5. The van der Waals surface area contributed by atoms with Gasteiger partial charge >= 0.3 is 0 Å². The number of aromatic amines is 1. The molecule has 0 saturated heterocycles. The zero-order valence-corrected chi connectivity index (χ0v) is 15.1. The van der Waals surface area contributed by atoms with E-state index in [2.05, 4.69) is 5.10 Å². The molecule has 1 aromatic heterocycles. The van der Waals surface area contributed by atoms with Gasteiger partial charge in [-0.2, -0.15) is 4.68 Å². The first kappa shape index (κ1) is 17.9. The van der Waals surface area contributed by atoms with Crippen molar-refractivity contribution in [3.05, 3.63) is 73.3 Å². The van der Waals surface area contributed by atoms with Crippen LogP contribution in [-0.2, 0) is 6.42 Å². The second-order valence-electron chi connectivity index (χ2n) is 5.87. The number of rotatable bonds is 4. The summed E-state index contributed by atoms with van der Waals surface area (Å²) < 4.78 is 6.29. The van der Waals surface area contributed by atoms with Gasteiger partial charge in [0.1, 0.15) is 5.75 Å². The Morgan fingerprint density at radius 2 is 1.88 bits per heavy atom. The molecule has 7 heteroatoms. The van der Waals surface area contributed by atoms with Gasteiger partial charge < -0.3 is 4.74 Å². The molecule has 0 aliphatic carbocycles. The first-order valence-corrected chi connectivity index (χ1v) is 8.49. The van der Waals surface area contributed by atoms with E-state index in [1.807, 2.05) is 13.8 Å². The van der Waals surface area contributed by atoms with Crippen LogP contribution in [-0.4, -0.2) is 22.3 Å². The molecule has 0 fully saturated rings. The van der Waals surface area contributed by atoms with Gasteiger partial charge in [0.25, 0.3) is 17.0 Å². The van der Waals surface area contributed by atoms with Crippen LogP contribution < -0.4 is 15.9 Å². The van der Waals surface area contributed by atoms with E-state index in [9.17, 15) is 14.4 Å². The number of halogens is 1. The fraction of sp³-hybridized carbons (Fsp3) is 0.211. The lowest BCUT2D eigenvalue weighted by molar-refractivity contribution is 0.0813. The normalized spacial score (nSPS) is 10.9. The average molecular weight is 373 g/mol. The monoisotopic (exact) mass is 372 g/mol. The molecule has 3 rings (SSSR count). The summed E-state index contributed by atoms with van der Waals surface area (Å²) in [5.74, 6) is -0.133. The molecular weight excluding hydrogens is 356 g/mol. The van der Waals surface area contributed by atoms with Crippen LogP contribution in [0.3, 0.4) is 0 Å². The maximum atomic E-state index is 12.5. The minimum absolute atomic E-state index is 0.182. The van der Waals surface area contributed by atoms with E-state index in [4.69, 9.17) is 16.3 Å². The lowest BCUT2D eigenvalue weighted by Gasteiger charge is -2.12. The van der Waals surface area contributed by atoms with E-state index < -0.39 is 17.0 Å². The Hall–Kier alpha value is -2.86. The minimum atomic E-state index is -0.660. The van der Waals surface area contributed by atoms with Gasteiger partial charge in [-0.3, -0.25) is 19.5 Å². The lowest BCUT2D eigenvalue weighted by atomic mass is 10.1. The van der Waals surface area contributed by atoms with E-state index >= 15 is 0 Å². The maximum absolute atomic E-state index is 12.5. The van der Waals surface area contributed by atoms with Crippen molar-refractivity contribution in [1.82, 2.24) is 9.78 Å². The van der Waals surface area contributed by atoms with Crippen LogP contribution >= 0.6 is 11.6 Å². The summed E-state index contributed by atoms with van der Waals surface area (Å²) in [7, 11) is 0. The molecule has 0 radical (unpaired) electrons. The number of aryl methyl sites for hydroxylation is 2. The molecule has 3 aromatic rings. The Morgan fingerprint density at radius 3 is 2.58 bits per heavy atom. The van der Waals surface area contributed by atoms with Crippen LogP contribution in [0.1, 0.15) is 22.8 Å². The SMILES string of the molecule is CCc1cc(Cl)c(C)cc1OCC(=O)n1[nH]c(=O)c2ccccc2c1=O. The standard InChI is InChI=1S/C19H17ClN2O4/c1-3-12-9-15(20)11(2)8-16(12)26-10-17(23)22-19(25)14-7-5-4-6-13(14)18(24)21-22/h4-9H,3,10H2,1-2H3,(H,21,24). The maximum Gasteiger partial charge on any atom is 0.286 e. The number of nitrogens with one attached hydrogen (secondary N) is 1. The summed E-state index contributed by atoms with van der Waals surface area (Å²) in [6, 6.07) is 9.88. The Morgan fingerprint density at radius 1 is 1.19 bits per heavy atom. The predicted molar refractivity (Wildman–Crippen MR) is 101 cm³/mol. The molecule has 2 aromatic carbocycles. The summed E-state index contributed by atoms with van der Waals surface area (Å²) in [4.78, 5) is 37.0. The third kappa shape index (κ3) is 3.28. The molecule has 1 N–H and O–H groups in total. The van der Waals surface area contributed by atoms with Gasteiger partial charge in [0.15, 0.2) is 6.61 Å². The quantitative estimate of drug-likeness (QED) is 0.763. The average Bonchev–Trinajstić information content (AvgIpc) is 2.65. The van der Waals surface area contributed by atoms with Crippen LogP contribution in [0.4, 0.5) is 0 Å². The zero-order valence-electron chi connectivity index (χ0n) is 14.3. The predicted octanol–water partition coefficient (Wildman–Crippen LogP) is 2.93. The molecule has 0 amide bonds. The second kappa shape index (κ2) is 7.17. The van der Waals surface area contributed by atoms with Crippen molar-refractivity contribution in [2.45, 2.75) is 20.3 Å². The van der Waals surface area contributed by atoms with E-state index in [-0.39, 0.29) is 17.4 Å².